The van der Waals surface area contributed by atoms with Crippen molar-refractivity contribution in [1.29, 1.82) is 0 Å². The van der Waals surface area contributed by atoms with E-state index in [1.807, 2.05) is 16.8 Å². The average molecular weight is 257 g/mol. The molecule has 0 radical (unpaired) electrons. The summed E-state index contributed by atoms with van der Waals surface area (Å²) in [4.78, 5) is 6.40. The molecule has 1 atom stereocenters. The van der Waals surface area contributed by atoms with Gasteiger partial charge in [0.1, 0.15) is 12.7 Å². The first-order valence-electron chi connectivity index (χ1n) is 6.74. The molecular formula is C14H19N5. The van der Waals surface area contributed by atoms with E-state index in [2.05, 4.69) is 27.1 Å². The Morgan fingerprint density at radius 2 is 2.11 bits per heavy atom. The van der Waals surface area contributed by atoms with Gasteiger partial charge >= 0.3 is 0 Å². The number of nitrogens with two attached hydrogens (primary N) is 1. The molecule has 100 valence electrons. The van der Waals surface area contributed by atoms with E-state index < -0.39 is 0 Å². The molecule has 0 spiro atoms. The van der Waals surface area contributed by atoms with Crippen LogP contribution in [-0.2, 0) is 6.54 Å². The molecule has 1 aromatic heterocycles. The van der Waals surface area contributed by atoms with Crippen LogP contribution in [0.25, 0.3) is 0 Å². The van der Waals surface area contributed by atoms with Gasteiger partial charge in [-0.15, -0.1) is 0 Å². The molecule has 1 unspecified atom stereocenters. The van der Waals surface area contributed by atoms with Gasteiger partial charge in [0.15, 0.2) is 0 Å². The van der Waals surface area contributed by atoms with Crippen molar-refractivity contribution in [3.8, 4) is 0 Å². The largest absolute Gasteiger partial charge is 0.399 e. The van der Waals surface area contributed by atoms with Crippen molar-refractivity contribution < 1.29 is 0 Å². The van der Waals surface area contributed by atoms with Crippen LogP contribution < -0.4 is 10.6 Å². The monoisotopic (exact) mass is 257 g/mol. The number of aryl methyl sites for hydroxylation is 1. The van der Waals surface area contributed by atoms with E-state index in [4.69, 9.17) is 5.73 Å². The second-order valence-electron chi connectivity index (χ2n) is 5.14. The van der Waals surface area contributed by atoms with Gasteiger partial charge in [-0.25, -0.2) is 4.98 Å². The highest BCUT2D eigenvalue weighted by molar-refractivity contribution is 5.53. The first-order valence-corrected chi connectivity index (χ1v) is 6.74. The third-order valence-corrected chi connectivity index (χ3v) is 3.78. The van der Waals surface area contributed by atoms with Crippen molar-refractivity contribution in [3.05, 3.63) is 36.9 Å². The lowest BCUT2D eigenvalue weighted by Crippen LogP contribution is -2.20. The maximum atomic E-state index is 5.72. The second kappa shape index (κ2) is 5.30. The number of aromatic nitrogens is 3. The zero-order valence-corrected chi connectivity index (χ0v) is 10.9. The van der Waals surface area contributed by atoms with Gasteiger partial charge in [0.25, 0.3) is 0 Å². The highest BCUT2D eigenvalue weighted by Crippen LogP contribution is 2.26. The van der Waals surface area contributed by atoms with Crippen LogP contribution in [0.5, 0.6) is 0 Å². The van der Waals surface area contributed by atoms with E-state index in [1.165, 1.54) is 12.1 Å². The maximum absolute atomic E-state index is 5.72. The summed E-state index contributed by atoms with van der Waals surface area (Å²) < 4.78 is 1.91. The van der Waals surface area contributed by atoms with Gasteiger partial charge in [-0.3, -0.25) is 4.68 Å². The third-order valence-electron chi connectivity index (χ3n) is 3.78. The Labute approximate surface area is 113 Å². The zero-order chi connectivity index (χ0) is 13.1. The number of hydrogen-bond acceptors (Lipinski definition) is 4. The van der Waals surface area contributed by atoms with Gasteiger partial charge in [0.2, 0.25) is 0 Å². The summed E-state index contributed by atoms with van der Waals surface area (Å²) >= 11 is 0. The minimum atomic E-state index is 0.738. The predicted molar refractivity (Wildman–Crippen MR) is 75.8 cm³/mol. The summed E-state index contributed by atoms with van der Waals surface area (Å²) in [5, 5.41) is 4.14. The molecule has 0 amide bonds. The Kier molecular flexibility index (Phi) is 3.35. The van der Waals surface area contributed by atoms with Gasteiger partial charge in [0, 0.05) is 31.0 Å². The minimum Gasteiger partial charge on any atom is -0.399 e. The summed E-state index contributed by atoms with van der Waals surface area (Å²) in [6, 6.07) is 8.15. The molecule has 2 aromatic rings. The van der Waals surface area contributed by atoms with Crippen LogP contribution in [0.1, 0.15) is 12.8 Å². The molecule has 2 heterocycles. The van der Waals surface area contributed by atoms with Crippen molar-refractivity contribution in [2.75, 3.05) is 23.7 Å². The fourth-order valence-corrected chi connectivity index (χ4v) is 2.65. The first kappa shape index (κ1) is 12.0. The van der Waals surface area contributed by atoms with Crippen molar-refractivity contribution in [3.63, 3.8) is 0 Å². The van der Waals surface area contributed by atoms with Crippen LogP contribution >= 0.6 is 0 Å². The number of hydrogen-bond donors (Lipinski definition) is 1. The Bertz CT molecular complexity index is 505. The minimum absolute atomic E-state index is 0.738. The number of anilines is 2. The predicted octanol–water partition coefficient (Wildman–Crippen LogP) is 1.78. The Morgan fingerprint density at radius 3 is 2.84 bits per heavy atom. The molecule has 2 N–H and O–H groups in total. The van der Waals surface area contributed by atoms with Crippen molar-refractivity contribution in [2.24, 2.45) is 5.92 Å². The second-order valence-corrected chi connectivity index (χ2v) is 5.14. The van der Waals surface area contributed by atoms with Crippen LogP contribution in [0.2, 0.25) is 0 Å². The Balaban J connectivity index is 1.53. The van der Waals surface area contributed by atoms with Crippen LogP contribution in [0.4, 0.5) is 11.4 Å². The molecule has 5 heteroatoms. The molecule has 0 bridgehead atoms. The van der Waals surface area contributed by atoms with E-state index in [0.717, 1.165) is 37.7 Å². The van der Waals surface area contributed by atoms with Crippen LogP contribution in [0.15, 0.2) is 36.9 Å². The zero-order valence-electron chi connectivity index (χ0n) is 10.9. The van der Waals surface area contributed by atoms with Crippen molar-refractivity contribution >= 4 is 11.4 Å². The lowest BCUT2D eigenvalue weighted by atomic mass is 10.1. The molecule has 0 saturated carbocycles. The van der Waals surface area contributed by atoms with Gasteiger partial charge in [-0.2, -0.15) is 5.10 Å². The maximum Gasteiger partial charge on any atom is 0.137 e. The van der Waals surface area contributed by atoms with Crippen molar-refractivity contribution in [2.45, 2.75) is 19.4 Å². The first-order chi connectivity index (χ1) is 9.31. The molecule has 1 aromatic carbocycles. The quantitative estimate of drug-likeness (QED) is 0.848. The van der Waals surface area contributed by atoms with Crippen LogP contribution in [0, 0.1) is 5.92 Å². The summed E-state index contributed by atoms with van der Waals surface area (Å²) in [5.41, 5.74) is 7.82. The fourth-order valence-electron chi connectivity index (χ4n) is 2.65. The topological polar surface area (TPSA) is 60.0 Å². The molecule has 3 rings (SSSR count). The van der Waals surface area contributed by atoms with Crippen LogP contribution in [0.3, 0.4) is 0 Å². The fraction of sp³-hybridized carbons (Fsp3) is 0.429. The van der Waals surface area contributed by atoms with Gasteiger partial charge in [0.05, 0.1) is 0 Å². The number of rotatable bonds is 4. The molecule has 5 nitrogen and oxygen atoms in total. The molecule has 1 aliphatic rings. The normalized spacial score (nSPS) is 18.9. The van der Waals surface area contributed by atoms with Gasteiger partial charge in [-0.1, -0.05) is 0 Å². The molecule has 0 aliphatic carbocycles. The lowest BCUT2D eigenvalue weighted by molar-refractivity contribution is 0.460. The Hall–Kier alpha value is -2.04. The van der Waals surface area contributed by atoms with E-state index in [0.29, 0.717) is 0 Å². The number of benzene rings is 1. The summed E-state index contributed by atoms with van der Waals surface area (Å²) in [6.07, 6.45) is 5.79. The lowest BCUT2D eigenvalue weighted by Gasteiger charge is -2.18. The number of nitrogen functional groups attached to an aromatic ring is 1. The summed E-state index contributed by atoms with van der Waals surface area (Å²) in [5.74, 6) is 0.738. The standard InChI is InChI=1S/C14H19N5/c15-13-1-3-14(4-2-13)18-7-5-12(9-18)6-8-19-11-16-10-17-19/h1-4,10-12H,5-9,15H2. The molecule has 1 aliphatic heterocycles. The van der Waals surface area contributed by atoms with E-state index in [9.17, 15) is 0 Å². The van der Waals surface area contributed by atoms with Gasteiger partial charge < -0.3 is 10.6 Å². The summed E-state index contributed by atoms with van der Waals surface area (Å²) in [7, 11) is 0. The average Bonchev–Trinajstić information content (AvgIpc) is 3.09. The highest BCUT2D eigenvalue weighted by atomic mass is 15.3. The SMILES string of the molecule is Nc1ccc(N2CCC(CCn3cncn3)C2)cc1. The molecular weight excluding hydrogens is 238 g/mol. The molecule has 1 fully saturated rings. The van der Waals surface area contributed by atoms with E-state index in [1.54, 1.807) is 12.7 Å². The van der Waals surface area contributed by atoms with E-state index >= 15 is 0 Å². The van der Waals surface area contributed by atoms with Gasteiger partial charge in [-0.05, 0) is 43.0 Å². The van der Waals surface area contributed by atoms with E-state index in [-0.39, 0.29) is 0 Å². The van der Waals surface area contributed by atoms with Crippen molar-refractivity contribution in [1.82, 2.24) is 14.8 Å². The molecule has 19 heavy (non-hydrogen) atoms. The molecule has 1 saturated heterocycles. The number of nitrogens with zero attached hydrogens (tertiary/aromatic N) is 4. The Morgan fingerprint density at radius 1 is 1.26 bits per heavy atom. The summed E-state index contributed by atoms with van der Waals surface area (Å²) in [6.45, 7) is 3.21. The van der Waals surface area contributed by atoms with Crippen LogP contribution in [-0.4, -0.2) is 27.9 Å². The highest BCUT2D eigenvalue weighted by Gasteiger charge is 2.22. The third kappa shape index (κ3) is 2.86. The smallest absolute Gasteiger partial charge is 0.137 e.